The Kier molecular flexibility index (Phi) is 6.04. The molecule has 0 fully saturated rings. The monoisotopic (exact) mass is 383 g/mol. The minimum absolute atomic E-state index is 0.189. The van der Waals surface area contributed by atoms with Gasteiger partial charge in [-0.1, -0.05) is 48.0 Å². The summed E-state index contributed by atoms with van der Waals surface area (Å²) in [4.78, 5) is 21.1. The van der Waals surface area contributed by atoms with Crippen LogP contribution in [0.25, 0.3) is 11.1 Å². The summed E-state index contributed by atoms with van der Waals surface area (Å²) in [5.41, 5.74) is 3.09. The Balaban J connectivity index is 1.88. The molecule has 0 saturated heterocycles. The molecule has 27 heavy (non-hydrogen) atoms. The molecule has 3 rings (SSSR count). The molecular formula is C21H22ClN3O2. The standard InChI is InChI=1S/C21H22ClN3O2/c1-4-25-14(2)20(16-8-6-5-7-9-16)21(26)24-19(25)13-27-15(3)17-10-11-18(22)23-12-17/h5-12,15H,4,13H2,1-3H3. The van der Waals surface area contributed by atoms with Crippen LogP contribution in [0.4, 0.5) is 0 Å². The highest BCUT2D eigenvalue weighted by atomic mass is 35.5. The van der Waals surface area contributed by atoms with Crippen LogP contribution in [-0.2, 0) is 17.9 Å². The average molecular weight is 384 g/mol. The molecular weight excluding hydrogens is 362 g/mol. The first-order chi connectivity index (χ1) is 13.0. The number of aromatic nitrogens is 3. The molecule has 0 aliphatic heterocycles. The average Bonchev–Trinajstić information content (AvgIpc) is 2.67. The number of pyridine rings is 1. The van der Waals surface area contributed by atoms with Crippen LogP contribution in [0.15, 0.2) is 53.5 Å². The number of halogens is 1. The van der Waals surface area contributed by atoms with Crippen molar-refractivity contribution in [3.05, 3.63) is 81.3 Å². The summed E-state index contributed by atoms with van der Waals surface area (Å²) in [5.74, 6) is 0.619. The van der Waals surface area contributed by atoms with Gasteiger partial charge in [0.15, 0.2) is 0 Å². The van der Waals surface area contributed by atoms with E-state index in [1.165, 1.54) is 0 Å². The molecule has 5 nitrogen and oxygen atoms in total. The van der Waals surface area contributed by atoms with E-state index in [0.29, 0.717) is 23.1 Å². The first-order valence-corrected chi connectivity index (χ1v) is 9.27. The molecule has 0 aliphatic carbocycles. The van der Waals surface area contributed by atoms with Crippen LogP contribution in [0.5, 0.6) is 0 Å². The Hall–Kier alpha value is -2.50. The Morgan fingerprint density at radius 1 is 1.19 bits per heavy atom. The van der Waals surface area contributed by atoms with Crippen molar-refractivity contribution in [2.24, 2.45) is 0 Å². The van der Waals surface area contributed by atoms with E-state index in [2.05, 4.69) is 9.97 Å². The summed E-state index contributed by atoms with van der Waals surface area (Å²) in [6.45, 7) is 6.86. The summed E-state index contributed by atoms with van der Waals surface area (Å²) in [7, 11) is 0. The predicted molar refractivity (Wildman–Crippen MR) is 107 cm³/mol. The fraction of sp³-hybridized carbons (Fsp3) is 0.286. The molecule has 0 aliphatic rings. The van der Waals surface area contributed by atoms with Gasteiger partial charge in [-0.25, -0.2) is 4.98 Å². The summed E-state index contributed by atoms with van der Waals surface area (Å²) < 4.78 is 7.97. The third-order valence-corrected chi connectivity index (χ3v) is 4.81. The molecule has 0 N–H and O–H groups in total. The van der Waals surface area contributed by atoms with Crippen molar-refractivity contribution in [1.29, 1.82) is 0 Å². The molecule has 6 heteroatoms. The topological polar surface area (TPSA) is 57.0 Å². The number of ether oxygens (including phenoxy) is 1. The highest BCUT2D eigenvalue weighted by Gasteiger charge is 2.16. The van der Waals surface area contributed by atoms with Crippen LogP contribution < -0.4 is 5.56 Å². The first kappa shape index (κ1) is 19.3. The largest absolute Gasteiger partial charge is 0.366 e. The second-order valence-corrected chi connectivity index (χ2v) is 6.66. The van der Waals surface area contributed by atoms with E-state index in [0.717, 1.165) is 16.8 Å². The maximum Gasteiger partial charge on any atom is 0.281 e. The van der Waals surface area contributed by atoms with E-state index in [4.69, 9.17) is 16.3 Å². The maximum atomic E-state index is 12.7. The van der Waals surface area contributed by atoms with E-state index in [1.54, 1.807) is 12.3 Å². The van der Waals surface area contributed by atoms with Crippen LogP contribution >= 0.6 is 11.6 Å². The summed E-state index contributed by atoms with van der Waals surface area (Å²) in [5, 5.41) is 0.444. The third-order valence-electron chi connectivity index (χ3n) is 4.58. The minimum Gasteiger partial charge on any atom is -0.366 e. The smallest absolute Gasteiger partial charge is 0.281 e. The lowest BCUT2D eigenvalue weighted by atomic mass is 10.1. The molecule has 3 aromatic rings. The minimum atomic E-state index is -0.234. The molecule has 1 atom stereocenters. The number of rotatable bonds is 6. The predicted octanol–water partition coefficient (Wildman–Crippen LogP) is 4.56. The number of nitrogens with zero attached hydrogens (tertiary/aromatic N) is 3. The Bertz CT molecular complexity index is 969. The van der Waals surface area contributed by atoms with Crippen molar-refractivity contribution in [3.8, 4) is 11.1 Å². The van der Waals surface area contributed by atoms with Crippen LogP contribution in [0, 0.1) is 6.92 Å². The normalized spacial score (nSPS) is 12.1. The van der Waals surface area contributed by atoms with Crippen LogP contribution in [0.3, 0.4) is 0 Å². The zero-order valence-corrected chi connectivity index (χ0v) is 16.4. The zero-order chi connectivity index (χ0) is 19.4. The van der Waals surface area contributed by atoms with Gasteiger partial charge in [0.1, 0.15) is 17.6 Å². The highest BCUT2D eigenvalue weighted by molar-refractivity contribution is 6.29. The van der Waals surface area contributed by atoms with Gasteiger partial charge in [0, 0.05) is 18.4 Å². The van der Waals surface area contributed by atoms with Gasteiger partial charge in [0.05, 0.1) is 11.7 Å². The van der Waals surface area contributed by atoms with E-state index >= 15 is 0 Å². The van der Waals surface area contributed by atoms with Crippen molar-refractivity contribution in [2.45, 2.75) is 40.0 Å². The zero-order valence-electron chi connectivity index (χ0n) is 15.6. The molecule has 1 aromatic carbocycles. The quantitative estimate of drug-likeness (QED) is 0.585. The summed E-state index contributed by atoms with van der Waals surface area (Å²) in [6.07, 6.45) is 1.50. The Morgan fingerprint density at radius 3 is 2.56 bits per heavy atom. The van der Waals surface area contributed by atoms with Crippen LogP contribution in [-0.4, -0.2) is 14.5 Å². The van der Waals surface area contributed by atoms with Gasteiger partial charge in [-0.2, -0.15) is 4.98 Å². The van der Waals surface area contributed by atoms with E-state index in [-0.39, 0.29) is 18.3 Å². The molecule has 1 unspecified atom stereocenters. The van der Waals surface area contributed by atoms with E-state index in [9.17, 15) is 4.79 Å². The highest BCUT2D eigenvalue weighted by Crippen LogP contribution is 2.22. The molecule has 140 valence electrons. The van der Waals surface area contributed by atoms with Gasteiger partial charge in [0.25, 0.3) is 5.56 Å². The summed E-state index contributed by atoms with van der Waals surface area (Å²) in [6, 6.07) is 13.2. The fourth-order valence-electron chi connectivity index (χ4n) is 3.11. The van der Waals surface area contributed by atoms with Crippen molar-refractivity contribution >= 4 is 11.6 Å². The second kappa shape index (κ2) is 8.46. The first-order valence-electron chi connectivity index (χ1n) is 8.90. The molecule has 0 radical (unpaired) electrons. The van der Waals surface area contributed by atoms with Crippen molar-refractivity contribution in [2.75, 3.05) is 0 Å². The van der Waals surface area contributed by atoms with E-state index < -0.39 is 0 Å². The Labute approximate surface area is 163 Å². The fourth-order valence-corrected chi connectivity index (χ4v) is 3.22. The lowest BCUT2D eigenvalue weighted by molar-refractivity contribution is 0.0456. The summed E-state index contributed by atoms with van der Waals surface area (Å²) >= 11 is 5.83. The lowest BCUT2D eigenvalue weighted by Crippen LogP contribution is -2.23. The van der Waals surface area contributed by atoms with Gasteiger partial charge in [-0.05, 0) is 38.0 Å². The van der Waals surface area contributed by atoms with Crippen molar-refractivity contribution in [1.82, 2.24) is 14.5 Å². The number of hydrogen-bond acceptors (Lipinski definition) is 4. The Morgan fingerprint density at radius 2 is 1.93 bits per heavy atom. The molecule has 2 aromatic heterocycles. The number of hydrogen-bond donors (Lipinski definition) is 0. The third kappa shape index (κ3) is 4.26. The molecule has 0 bridgehead atoms. The lowest BCUT2D eigenvalue weighted by Gasteiger charge is -2.19. The second-order valence-electron chi connectivity index (χ2n) is 6.27. The van der Waals surface area contributed by atoms with Crippen LogP contribution in [0.2, 0.25) is 5.15 Å². The van der Waals surface area contributed by atoms with Gasteiger partial charge in [-0.15, -0.1) is 0 Å². The van der Waals surface area contributed by atoms with E-state index in [1.807, 2.05) is 61.7 Å². The van der Waals surface area contributed by atoms with Crippen LogP contribution in [0.1, 0.15) is 37.0 Å². The van der Waals surface area contributed by atoms with Gasteiger partial charge in [0.2, 0.25) is 0 Å². The molecule has 0 spiro atoms. The number of benzene rings is 1. The maximum absolute atomic E-state index is 12.7. The van der Waals surface area contributed by atoms with Gasteiger partial charge < -0.3 is 9.30 Å². The van der Waals surface area contributed by atoms with Crippen molar-refractivity contribution < 1.29 is 4.74 Å². The SMILES string of the molecule is CCn1c(COC(C)c2ccc(Cl)nc2)nc(=O)c(-c2ccccc2)c1C. The van der Waals surface area contributed by atoms with Gasteiger partial charge >= 0.3 is 0 Å². The molecule has 0 amide bonds. The van der Waals surface area contributed by atoms with Gasteiger partial charge in [-0.3, -0.25) is 4.79 Å². The molecule has 0 saturated carbocycles. The van der Waals surface area contributed by atoms with Crippen molar-refractivity contribution in [3.63, 3.8) is 0 Å². The molecule has 2 heterocycles.